The Bertz CT molecular complexity index is 1650. The van der Waals surface area contributed by atoms with Gasteiger partial charge in [0.05, 0.1) is 65.3 Å². The molecule has 1 N–H and O–H groups in total. The molecule has 10 nitrogen and oxygen atoms in total. The fraction of sp³-hybridized carbons (Fsp3) is 0.412. The van der Waals surface area contributed by atoms with E-state index in [0.717, 1.165) is 16.7 Å². The third-order valence-corrected chi connectivity index (χ3v) is 9.36. The van der Waals surface area contributed by atoms with Gasteiger partial charge in [-0.25, -0.2) is 0 Å². The molecule has 1 amide bonds. The zero-order valence-electron chi connectivity index (χ0n) is 26.7. The number of carbonyl (C=O) groups excluding carboxylic acids is 2. The second-order valence-electron chi connectivity index (χ2n) is 11.6. The molecule has 3 heterocycles. The molecule has 11 heteroatoms. The Kier molecular flexibility index (Phi) is 9.77. The third-order valence-electron chi connectivity index (χ3n) is 9.36. The predicted octanol–water partition coefficient (Wildman–Crippen LogP) is 4.31. The van der Waals surface area contributed by atoms with E-state index in [-0.39, 0.29) is 68.1 Å². The van der Waals surface area contributed by atoms with E-state index in [1.165, 1.54) is 28.4 Å². The average molecular weight is 830 g/mol. The molecule has 45 heavy (non-hydrogen) atoms. The summed E-state index contributed by atoms with van der Waals surface area (Å²) in [6, 6.07) is 8.82. The van der Waals surface area contributed by atoms with E-state index in [9.17, 15) is 14.7 Å². The Morgan fingerprint density at radius 2 is 1.51 bits per heavy atom. The van der Waals surface area contributed by atoms with Crippen molar-refractivity contribution in [2.45, 2.75) is 51.0 Å². The van der Waals surface area contributed by atoms with Crippen LogP contribution in [-0.2, 0) is 22.6 Å². The SMILES string of the molecule is COc1c(C)cc2c(c1O)C1C3C(=O)c4c(OC)c(C)c(OC)c(OC)c4[C@H](COCc4ccccc4)N3C(=O)C(C2)N1C.[Ac]. The average Bonchev–Trinajstić information content (AvgIpc) is 3.01. The first-order chi connectivity index (χ1) is 21.2. The number of fused-ring (bicyclic) bond motifs is 7. The van der Waals surface area contributed by atoms with E-state index >= 15 is 0 Å². The van der Waals surface area contributed by atoms with E-state index < -0.39 is 24.2 Å². The van der Waals surface area contributed by atoms with Gasteiger partial charge in [-0.15, -0.1) is 0 Å². The monoisotopic (exact) mass is 829 g/mol. The number of rotatable bonds is 8. The molecule has 235 valence electrons. The van der Waals surface area contributed by atoms with Crippen molar-refractivity contribution in [3.63, 3.8) is 0 Å². The minimum Gasteiger partial charge on any atom is -0.504 e. The number of methoxy groups -OCH3 is 4. The van der Waals surface area contributed by atoms with Crippen LogP contribution in [0.1, 0.15) is 55.8 Å². The van der Waals surface area contributed by atoms with E-state index in [4.69, 9.17) is 23.7 Å². The van der Waals surface area contributed by atoms with Crippen molar-refractivity contribution in [1.29, 1.82) is 0 Å². The first kappa shape index (κ1) is 33.5. The van der Waals surface area contributed by atoms with Gasteiger partial charge in [-0.3, -0.25) is 14.5 Å². The van der Waals surface area contributed by atoms with E-state index in [1.54, 1.807) is 4.90 Å². The molecule has 3 aliphatic heterocycles. The maximum atomic E-state index is 14.9. The summed E-state index contributed by atoms with van der Waals surface area (Å²) >= 11 is 0. The molecule has 3 aliphatic rings. The van der Waals surface area contributed by atoms with Gasteiger partial charge in [0, 0.05) is 60.8 Å². The second-order valence-corrected chi connectivity index (χ2v) is 11.6. The summed E-state index contributed by atoms with van der Waals surface area (Å²) in [7, 11) is 7.91. The quantitative estimate of drug-likeness (QED) is 0.356. The molecule has 1 saturated heterocycles. The number of phenols is 1. The predicted molar refractivity (Wildman–Crippen MR) is 162 cm³/mol. The minimum absolute atomic E-state index is 0. The summed E-state index contributed by atoms with van der Waals surface area (Å²) in [4.78, 5) is 33.0. The Balaban J connectivity index is 0.00000400. The number of amides is 1. The number of likely N-dealkylation sites (N-methyl/N-ethyl adjacent to an activating group) is 1. The van der Waals surface area contributed by atoms with Crippen molar-refractivity contribution >= 4 is 11.7 Å². The molecule has 1 fully saturated rings. The zero-order chi connectivity index (χ0) is 31.4. The second kappa shape index (κ2) is 13.1. The van der Waals surface area contributed by atoms with Crippen LogP contribution in [0.4, 0.5) is 0 Å². The largest absolute Gasteiger partial charge is 0.504 e. The number of Topliss-reactive ketones (excluding diaryl/α,β-unsaturated/α-hetero) is 1. The van der Waals surface area contributed by atoms with Crippen LogP contribution >= 0.6 is 0 Å². The van der Waals surface area contributed by atoms with Crippen LogP contribution in [0, 0.1) is 57.9 Å². The van der Waals surface area contributed by atoms with Crippen LogP contribution in [0.15, 0.2) is 36.4 Å². The molecule has 0 spiro atoms. The summed E-state index contributed by atoms with van der Waals surface area (Å²) in [6.45, 7) is 4.06. The summed E-state index contributed by atoms with van der Waals surface area (Å²) < 4.78 is 29.4. The van der Waals surface area contributed by atoms with E-state index in [0.29, 0.717) is 58.3 Å². The maximum absolute atomic E-state index is 14.9. The maximum Gasteiger partial charge on any atom is 0.241 e. The van der Waals surface area contributed by atoms with Gasteiger partial charge in [-0.2, -0.15) is 0 Å². The molecule has 0 aromatic heterocycles. The molecule has 3 aromatic carbocycles. The van der Waals surface area contributed by atoms with Gasteiger partial charge in [0.1, 0.15) is 11.8 Å². The number of hydrogen-bond donors (Lipinski definition) is 1. The van der Waals surface area contributed by atoms with Gasteiger partial charge in [0.2, 0.25) is 5.91 Å². The van der Waals surface area contributed by atoms with Crippen LogP contribution in [0.25, 0.3) is 0 Å². The molecule has 3 unspecified atom stereocenters. The van der Waals surface area contributed by atoms with Crippen molar-refractivity contribution in [3.05, 3.63) is 75.3 Å². The summed E-state index contributed by atoms with van der Waals surface area (Å²) in [5.41, 5.74) is 4.57. The Morgan fingerprint density at radius 1 is 0.867 bits per heavy atom. The number of ether oxygens (including phenoxy) is 5. The topological polar surface area (TPSA) is 107 Å². The Morgan fingerprint density at radius 3 is 2.13 bits per heavy atom. The molecule has 0 aliphatic carbocycles. The summed E-state index contributed by atoms with van der Waals surface area (Å²) in [5.74, 6) is 0.972. The number of aryl methyl sites for hydroxylation is 1. The molecule has 4 atom stereocenters. The number of nitrogens with zero attached hydrogens (tertiary/aromatic N) is 2. The number of aromatic hydroxyl groups is 1. The third kappa shape index (κ3) is 5.11. The van der Waals surface area contributed by atoms with Crippen molar-refractivity contribution in [2.24, 2.45) is 0 Å². The van der Waals surface area contributed by atoms with Crippen LogP contribution in [0.5, 0.6) is 28.7 Å². The van der Waals surface area contributed by atoms with Gasteiger partial charge in [0.25, 0.3) is 0 Å². The number of hydrogen-bond acceptors (Lipinski definition) is 9. The fourth-order valence-corrected chi connectivity index (χ4v) is 7.49. The first-order valence-electron chi connectivity index (χ1n) is 14.6. The van der Waals surface area contributed by atoms with Crippen LogP contribution < -0.4 is 18.9 Å². The molecule has 2 bridgehead atoms. The molecule has 3 aromatic rings. The summed E-state index contributed by atoms with van der Waals surface area (Å²) in [6.07, 6.45) is 0.374. The summed E-state index contributed by atoms with van der Waals surface area (Å²) in [5, 5.41) is 11.6. The minimum atomic E-state index is -0.981. The van der Waals surface area contributed by atoms with Gasteiger partial charge in [-0.05, 0) is 44.0 Å². The van der Waals surface area contributed by atoms with Crippen molar-refractivity contribution in [1.82, 2.24) is 9.80 Å². The Hall–Kier alpha value is -2.84. The normalized spacial score (nSPS) is 21.7. The standard InChI is InChI=1S/C34H38N2O8.Ac/c1-17-13-20-14-21-34(39)36-22(16-44-15-19-11-9-8-10-12-19)24-25(31(41-5)18(2)32(42-6)33(24)43-7)28(37)27(36)26(35(21)3)23(20)29(38)30(17)40-4;/h8-13,21-22,26-27,38H,14-16H2,1-7H3;/t21?,22-,26?,27?;/m0./s1. The zero-order valence-corrected chi connectivity index (χ0v) is 31.4. The number of benzene rings is 3. The molecule has 1 radical (unpaired) electrons. The number of phenolic OH excluding ortho intramolecular Hbond substituents is 1. The van der Waals surface area contributed by atoms with E-state index in [1.807, 2.05) is 62.2 Å². The molecule has 0 saturated carbocycles. The van der Waals surface area contributed by atoms with Crippen LogP contribution in [-0.4, -0.2) is 80.8 Å². The van der Waals surface area contributed by atoms with Gasteiger partial charge in [0.15, 0.2) is 28.8 Å². The van der Waals surface area contributed by atoms with Gasteiger partial charge in [-0.1, -0.05) is 36.4 Å². The molecular weight excluding hydrogens is 791 g/mol. The molecule has 6 rings (SSSR count). The van der Waals surface area contributed by atoms with Gasteiger partial charge < -0.3 is 33.7 Å². The van der Waals surface area contributed by atoms with Crippen LogP contribution in [0.3, 0.4) is 0 Å². The smallest absolute Gasteiger partial charge is 0.241 e. The number of piperazine rings is 1. The van der Waals surface area contributed by atoms with E-state index in [2.05, 4.69) is 0 Å². The number of ketones is 1. The molecular formula is C34H38AcN2O8. The van der Waals surface area contributed by atoms with Crippen molar-refractivity contribution in [3.8, 4) is 28.7 Å². The van der Waals surface area contributed by atoms with Gasteiger partial charge >= 0.3 is 0 Å². The Labute approximate surface area is 299 Å². The van der Waals surface area contributed by atoms with Crippen molar-refractivity contribution < 1.29 is 82.4 Å². The first-order valence-corrected chi connectivity index (χ1v) is 14.6. The number of carbonyl (C=O) groups is 2. The van der Waals surface area contributed by atoms with Crippen LogP contribution in [0.2, 0.25) is 0 Å². The van der Waals surface area contributed by atoms with Crippen molar-refractivity contribution in [2.75, 3.05) is 42.1 Å². The fourth-order valence-electron chi connectivity index (χ4n) is 7.49.